The summed E-state index contributed by atoms with van der Waals surface area (Å²) in [6.45, 7) is 3.97. The number of halogens is 2. The van der Waals surface area contributed by atoms with Crippen molar-refractivity contribution < 1.29 is 41.8 Å². The number of para-hydroxylation sites is 1. The number of ether oxygens (including phenoxy) is 2. The van der Waals surface area contributed by atoms with Crippen LogP contribution in [0.4, 0.5) is 14.6 Å². The Morgan fingerprint density at radius 1 is 1.28 bits per heavy atom. The van der Waals surface area contributed by atoms with Crippen molar-refractivity contribution in [2.45, 2.75) is 51.2 Å². The van der Waals surface area contributed by atoms with E-state index in [1.807, 2.05) is 0 Å². The molecule has 1 aromatic heterocycles. The van der Waals surface area contributed by atoms with Gasteiger partial charge in [-0.3, -0.25) is 13.9 Å². The second-order valence-corrected chi connectivity index (χ2v) is 10.6. The van der Waals surface area contributed by atoms with E-state index < -0.39 is 68.4 Å². The number of rotatable bonds is 10. The van der Waals surface area contributed by atoms with E-state index in [1.165, 1.54) is 19.1 Å². The zero-order valence-corrected chi connectivity index (χ0v) is 20.7. The number of hydrogen-bond donors (Lipinski definition) is 2. The summed E-state index contributed by atoms with van der Waals surface area (Å²) in [5.41, 5.74) is 4.29. The van der Waals surface area contributed by atoms with E-state index in [2.05, 4.69) is 4.98 Å². The summed E-state index contributed by atoms with van der Waals surface area (Å²) in [6.07, 6.45) is -6.21. The molecular weight excluding hydrogens is 503 g/mol. The molecule has 2 aromatic rings. The average molecular weight is 531 g/mol. The van der Waals surface area contributed by atoms with E-state index in [9.17, 15) is 28.0 Å². The lowest BCUT2D eigenvalue weighted by atomic mass is 10.1. The van der Waals surface area contributed by atoms with Crippen LogP contribution < -0.4 is 15.9 Å². The van der Waals surface area contributed by atoms with Crippen molar-refractivity contribution in [2.75, 3.05) is 18.5 Å². The number of benzene rings is 1. The minimum absolute atomic E-state index is 0.154. The number of aliphatic hydroxyl groups excluding tert-OH is 1. The molecule has 0 bridgehead atoms. The third kappa shape index (κ3) is 6.47. The van der Waals surface area contributed by atoms with E-state index in [1.54, 1.807) is 32.0 Å². The van der Waals surface area contributed by atoms with Gasteiger partial charge in [0.05, 0.1) is 24.8 Å². The minimum Gasteiger partial charge on any atom is -0.463 e. The second-order valence-electron chi connectivity index (χ2n) is 8.57. The zero-order valence-electron chi connectivity index (χ0n) is 19.8. The number of nitrogens with two attached hydrogens (primary N) is 1. The molecule has 11 nitrogen and oxygen atoms in total. The lowest BCUT2D eigenvalue weighted by Crippen LogP contribution is -2.42. The van der Waals surface area contributed by atoms with E-state index >= 15 is 0 Å². The number of carbonyl (C=O) groups is 1. The lowest BCUT2D eigenvalue weighted by Gasteiger charge is -2.24. The highest BCUT2D eigenvalue weighted by atomic mass is 31.2. The number of esters is 1. The van der Waals surface area contributed by atoms with Gasteiger partial charge in [0.15, 0.2) is 6.10 Å². The molecule has 0 spiro atoms. The molecule has 1 saturated heterocycles. The van der Waals surface area contributed by atoms with Crippen LogP contribution in [0.1, 0.15) is 27.0 Å². The number of aliphatic hydroxyl groups is 1. The second kappa shape index (κ2) is 11.0. The first-order valence-electron chi connectivity index (χ1n) is 11.1. The molecule has 0 amide bonds. The highest BCUT2D eigenvalue weighted by Gasteiger charge is 2.60. The van der Waals surface area contributed by atoms with Crippen LogP contribution in [0.2, 0.25) is 0 Å². The van der Waals surface area contributed by atoms with Crippen LogP contribution in [0.5, 0.6) is 5.75 Å². The Kier molecular flexibility index (Phi) is 8.50. The first-order chi connectivity index (χ1) is 16.8. The molecule has 0 radical (unpaired) electrons. The van der Waals surface area contributed by atoms with E-state index in [0.29, 0.717) is 4.57 Å². The maximum absolute atomic E-state index is 14.8. The number of nitrogens with zero attached hydrogens (tertiary/aromatic N) is 2. The molecule has 36 heavy (non-hydrogen) atoms. The number of hydrogen-bond acceptors (Lipinski definition) is 10. The van der Waals surface area contributed by atoms with Gasteiger partial charge >= 0.3 is 25.2 Å². The molecule has 14 heteroatoms. The average Bonchev–Trinajstić information content (AvgIpc) is 3.01. The van der Waals surface area contributed by atoms with Crippen molar-refractivity contribution in [2.24, 2.45) is 5.92 Å². The monoisotopic (exact) mass is 531 g/mol. The summed E-state index contributed by atoms with van der Waals surface area (Å²) in [5.74, 6) is -5.52. The fourth-order valence-corrected chi connectivity index (χ4v) is 5.28. The Hall–Kier alpha value is -2.86. The molecule has 0 saturated carbocycles. The Morgan fingerprint density at radius 3 is 2.56 bits per heavy atom. The molecule has 198 valence electrons. The molecule has 1 fully saturated rings. The van der Waals surface area contributed by atoms with Gasteiger partial charge in [-0.2, -0.15) is 13.8 Å². The van der Waals surface area contributed by atoms with Crippen molar-refractivity contribution in [1.82, 2.24) is 9.55 Å². The Balaban J connectivity index is 1.79. The third-order valence-electron chi connectivity index (χ3n) is 5.16. The molecule has 2 heterocycles. The topological polar surface area (TPSA) is 152 Å². The van der Waals surface area contributed by atoms with E-state index in [4.69, 9.17) is 24.3 Å². The van der Waals surface area contributed by atoms with Crippen LogP contribution in [0.25, 0.3) is 0 Å². The van der Waals surface area contributed by atoms with Gasteiger partial charge in [0.2, 0.25) is 6.23 Å². The normalized spacial score (nSPS) is 23.7. The molecular formula is C22H28F2N3O8P. The molecule has 0 aliphatic carbocycles. The maximum atomic E-state index is 14.8. The Bertz CT molecular complexity index is 1160. The lowest BCUT2D eigenvalue weighted by molar-refractivity contribution is -0.151. The largest absolute Gasteiger partial charge is 0.463 e. The van der Waals surface area contributed by atoms with Gasteiger partial charge in [-0.15, -0.1) is 0 Å². The fraction of sp³-hybridized carbons (Fsp3) is 0.500. The smallest absolute Gasteiger partial charge is 0.380 e. The van der Waals surface area contributed by atoms with Gasteiger partial charge in [-0.25, -0.2) is 9.36 Å². The molecule has 1 aromatic carbocycles. The standard InChI is InChI=1S/C22H28F2N3O8P/c1-13(2)33-19(29)14(3)12-36(31,35-15-7-5-4-6-8-15)32-11-16-18(28)22(23,24)20(34-16)27-10-9-17(25)26-21(27)30/h4-10,13-14,16,18,20,28H,11-12H2,1-3H3,(H2,25,26,30)/t14-,16-,18+,20-,36?/m1/s1. The summed E-state index contributed by atoms with van der Waals surface area (Å²) in [4.78, 5) is 27.7. The van der Waals surface area contributed by atoms with Crippen LogP contribution in [-0.2, 0) is 23.4 Å². The number of aromatic nitrogens is 2. The van der Waals surface area contributed by atoms with Crippen LogP contribution in [-0.4, -0.2) is 57.6 Å². The van der Waals surface area contributed by atoms with E-state index in [-0.39, 0.29) is 11.6 Å². The van der Waals surface area contributed by atoms with Crippen molar-refractivity contribution in [1.29, 1.82) is 0 Å². The van der Waals surface area contributed by atoms with Crippen LogP contribution in [0.15, 0.2) is 47.4 Å². The number of carbonyl (C=O) groups excluding carboxylic acids is 1. The van der Waals surface area contributed by atoms with Gasteiger partial charge in [0.1, 0.15) is 17.7 Å². The van der Waals surface area contributed by atoms with Crippen molar-refractivity contribution in [3.8, 4) is 5.75 Å². The first-order valence-corrected chi connectivity index (χ1v) is 12.8. The molecule has 1 aliphatic heterocycles. The number of alkyl halides is 2. The van der Waals surface area contributed by atoms with Gasteiger partial charge in [0, 0.05) is 6.20 Å². The quantitative estimate of drug-likeness (QED) is 0.346. The van der Waals surface area contributed by atoms with Crippen molar-refractivity contribution in [3.63, 3.8) is 0 Å². The van der Waals surface area contributed by atoms with Crippen LogP contribution in [0.3, 0.4) is 0 Å². The van der Waals surface area contributed by atoms with Gasteiger partial charge in [-0.1, -0.05) is 25.1 Å². The van der Waals surface area contributed by atoms with Crippen LogP contribution in [0, 0.1) is 5.92 Å². The highest BCUT2D eigenvalue weighted by molar-refractivity contribution is 7.54. The first kappa shape index (κ1) is 27.7. The predicted molar refractivity (Wildman–Crippen MR) is 124 cm³/mol. The van der Waals surface area contributed by atoms with Crippen LogP contribution >= 0.6 is 7.60 Å². The summed E-state index contributed by atoms with van der Waals surface area (Å²) < 4.78 is 65.0. The molecule has 3 N–H and O–H groups in total. The highest BCUT2D eigenvalue weighted by Crippen LogP contribution is 2.51. The van der Waals surface area contributed by atoms with Gasteiger partial charge in [0.25, 0.3) is 0 Å². The Labute approximate surface area is 205 Å². The van der Waals surface area contributed by atoms with Crippen molar-refractivity contribution in [3.05, 3.63) is 53.1 Å². The zero-order chi connectivity index (χ0) is 26.7. The number of anilines is 1. The molecule has 5 atom stereocenters. The molecule has 1 unspecified atom stereocenters. The SMILES string of the molecule is CC(C)OC(=O)[C@H](C)CP(=O)(OC[C@H]1O[C@@H](n2ccc(N)nc2=O)C(F)(F)[C@H]1O)Oc1ccccc1. The van der Waals surface area contributed by atoms with Gasteiger partial charge in [-0.05, 0) is 32.0 Å². The number of nitrogen functional groups attached to an aromatic ring is 1. The summed E-state index contributed by atoms with van der Waals surface area (Å²) in [6, 6.07) is 9.04. The Morgan fingerprint density at radius 2 is 1.94 bits per heavy atom. The summed E-state index contributed by atoms with van der Waals surface area (Å²) in [5, 5.41) is 10.2. The molecule has 1 aliphatic rings. The summed E-state index contributed by atoms with van der Waals surface area (Å²) >= 11 is 0. The molecule has 3 rings (SSSR count). The summed E-state index contributed by atoms with van der Waals surface area (Å²) in [7, 11) is -4.16. The van der Waals surface area contributed by atoms with Crippen molar-refractivity contribution >= 4 is 19.4 Å². The predicted octanol–water partition coefficient (Wildman–Crippen LogP) is 2.60. The maximum Gasteiger partial charge on any atom is 0.380 e. The minimum atomic E-state index is -4.16. The third-order valence-corrected chi connectivity index (χ3v) is 7.18. The van der Waals surface area contributed by atoms with Gasteiger partial charge < -0.3 is 24.8 Å². The van der Waals surface area contributed by atoms with E-state index in [0.717, 1.165) is 12.3 Å². The fourth-order valence-electron chi connectivity index (χ4n) is 3.41.